The molecule has 1 aliphatic heterocycles. The molecular formula is C28H38N4O6S. The van der Waals surface area contributed by atoms with E-state index in [2.05, 4.69) is 15.9 Å². The Morgan fingerprint density at radius 2 is 1.90 bits per heavy atom. The Bertz CT molecular complexity index is 1190. The predicted molar refractivity (Wildman–Crippen MR) is 149 cm³/mol. The average molecular weight is 559 g/mol. The third-order valence-corrected chi connectivity index (χ3v) is 7.20. The molecule has 0 bridgehead atoms. The normalized spacial score (nSPS) is 17.5. The molecule has 1 aliphatic rings. The fourth-order valence-electron chi connectivity index (χ4n) is 4.33. The Morgan fingerprint density at radius 1 is 1.13 bits per heavy atom. The lowest BCUT2D eigenvalue weighted by Gasteiger charge is -2.30. The molecule has 39 heavy (non-hydrogen) atoms. The first kappa shape index (κ1) is 30.3. The summed E-state index contributed by atoms with van der Waals surface area (Å²) in [5, 5.41) is 0. The summed E-state index contributed by atoms with van der Waals surface area (Å²) in [6, 6.07) is 11.9. The number of para-hydroxylation sites is 1. The van der Waals surface area contributed by atoms with Gasteiger partial charge in [-0.1, -0.05) is 50.3 Å². The van der Waals surface area contributed by atoms with Gasteiger partial charge in [-0.25, -0.2) is 18.7 Å². The number of carbonyl (C=O) groups is 2. The maximum absolute atomic E-state index is 13.7. The minimum absolute atomic E-state index is 0.0457. The topological polar surface area (TPSA) is 127 Å². The minimum Gasteiger partial charge on any atom is -0.350 e. The molecule has 2 amide bonds. The van der Waals surface area contributed by atoms with E-state index in [4.69, 9.17) is 9.57 Å². The zero-order chi connectivity index (χ0) is 28.3. The third-order valence-electron chi connectivity index (χ3n) is 6.23. The second kappa shape index (κ2) is 14.8. The summed E-state index contributed by atoms with van der Waals surface area (Å²) in [4.78, 5) is 36.8. The molecule has 10 nitrogen and oxygen atoms in total. The van der Waals surface area contributed by atoms with Gasteiger partial charge in [-0.05, 0) is 55.4 Å². The Labute approximate surface area is 230 Å². The van der Waals surface area contributed by atoms with Gasteiger partial charge in [0.25, 0.3) is 0 Å². The molecule has 2 unspecified atom stereocenters. The molecule has 1 aromatic heterocycles. The van der Waals surface area contributed by atoms with Crippen LogP contribution in [0.1, 0.15) is 51.5 Å². The Hall–Kier alpha value is -3.28. The number of allylic oxidation sites excluding steroid dienone is 1. The number of aromatic nitrogens is 1. The van der Waals surface area contributed by atoms with Crippen molar-refractivity contribution in [3.8, 4) is 0 Å². The monoisotopic (exact) mass is 558 g/mol. The molecule has 0 radical (unpaired) electrons. The van der Waals surface area contributed by atoms with Gasteiger partial charge < -0.3 is 4.74 Å². The maximum Gasteiger partial charge on any atom is 0.249 e. The highest BCUT2D eigenvalue weighted by Crippen LogP contribution is 2.27. The van der Waals surface area contributed by atoms with Crippen LogP contribution in [0.4, 0.5) is 5.69 Å². The molecule has 2 heterocycles. The van der Waals surface area contributed by atoms with Crippen LogP contribution in [-0.2, 0) is 29.2 Å². The number of rotatable bonds is 13. The zero-order valence-corrected chi connectivity index (χ0v) is 23.5. The van der Waals surface area contributed by atoms with E-state index < -0.39 is 40.0 Å². The van der Waals surface area contributed by atoms with Crippen molar-refractivity contribution in [1.82, 2.24) is 15.9 Å². The van der Waals surface area contributed by atoms with E-state index in [1.807, 2.05) is 32.1 Å². The summed E-state index contributed by atoms with van der Waals surface area (Å²) in [6.07, 6.45) is 10.5. The SMILES string of the molecule is CC(C)C[C@@H](C(=O)NN(c1ccccc1)S(C)(=O)=O)C(C/C=C/c1cccnc1)C(=O)NOC1CCCCO1. The number of hydrazine groups is 1. The van der Waals surface area contributed by atoms with E-state index >= 15 is 0 Å². The largest absolute Gasteiger partial charge is 0.350 e. The van der Waals surface area contributed by atoms with Gasteiger partial charge in [0.2, 0.25) is 21.8 Å². The van der Waals surface area contributed by atoms with E-state index in [1.54, 1.807) is 48.8 Å². The smallest absolute Gasteiger partial charge is 0.249 e. The zero-order valence-electron chi connectivity index (χ0n) is 22.7. The second-order valence-electron chi connectivity index (χ2n) is 9.99. The van der Waals surface area contributed by atoms with Crippen LogP contribution in [0.2, 0.25) is 0 Å². The van der Waals surface area contributed by atoms with Gasteiger partial charge in [0.15, 0.2) is 6.29 Å². The number of hydroxylamine groups is 1. The predicted octanol–water partition coefficient (Wildman–Crippen LogP) is 3.84. The van der Waals surface area contributed by atoms with E-state index in [1.165, 1.54) is 0 Å². The molecular weight excluding hydrogens is 520 g/mol. The van der Waals surface area contributed by atoms with Crippen LogP contribution in [0.3, 0.4) is 0 Å². The molecule has 212 valence electrons. The van der Waals surface area contributed by atoms with E-state index in [-0.39, 0.29) is 18.0 Å². The Balaban J connectivity index is 1.86. The highest BCUT2D eigenvalue weighted by atomic mass is 32.2. The quantitative estimate of drug-likeness (QED) is 0.358. The van der Waals surface area contributed by atoms with Crippen LogP contribution in [0.25, 0.3) is 6.08 Å². The highest BCUT2D eigenvalue weighted by Gasteiger charge is 2.36. The number of anilines is 1. The minimum atomic E-state index is -3.86. The van der Waals surface area contributed by atoms with E-state index in [0.29, 0.717) is 19.4 Å². The second-order valence-corrected chi connectivity index (χ2v) is 11.8. The number of pyridine rings is 1. The van der Waals surface area contributed by atoms with Crippen molar-refractivity contribution < 1.29 is 27.6 Å². The van der Waals surface area contributed by atoms with Crippen LogP contribution in [0.15, 0.2) is 60.9 Å². The van der Waals surface area contributed by atoms with Gasteiger partial charge >= 0.3 is 0 Å². The number of hydrogen-bond donors (Lipinski definition) is 2. The summed E-state index contributed by atoms with van der Waals surface area (Å²) in [6.45, 7) is 4.44. The summed E-state index contributed by atoms with van der Waals surface area (Å²) >= 11 is 0. The van der Waals surface area contributed by atoms with Gasteiger partial charge in [0, 0.05) is 25.4 Å². The van der Waals surface area contributed by atoms with Crippen molar-refractivity contribution in [1.29, 1.82) is 0 Å². The fourth-order valence-corrected chi connectivity index (χ4v) is 5.09. The molecule has 2 aromatic rings. The number of benzene rings is 1. The fraction of sp³-hybridized carbons (Fsp3) is 0.464. The molecule has 0 spiro atoms. The number of nitrogens with one attached hydrogen (secondary N) is 2. The lowest BCUT2D eigenvalue weighted by atomic mass is 9.82. The first-order chi connectivity index (χ1) is 18.6. The molecule has 3 atom stereocenters. The van der Waals surface area contributed by atoms with Crippen LogP contribution >= 0.6 is 0 Å². The van der Waals surface area contributed by atoms with E-state index in [9.17, 15) is 18.0 Å². The van der Waals surface area contributed by atoms with Crippen LogP contribution in [-0.4, -0.2) is 44.4 Å². The molecule has 1 saturated heterocycles. The number of ether oxygens (including phenoxy) is 1. The molecule has 2 N–H and O–H groups in total. The molecule has 0 aliphatic carbocycles. The number of hydrogen-bond acceptors (Lipinski definition) is 7. The van der Waals surface area contributed by atoms with Gasteiger partial charge in [-0.2, -0.15) is 4.41 Å². The van der Waals surface area contributed by atoms with Crippen molar-refractivity contribution in [2.24, 2.45) is 17.8 Å². The molecule has 3 rings (SSSR count). The van der Waals surface area contributed by atoms with E-state index in [0.717, 1.165) is 29.1 Å². The van der Waals surface area contributed by atoms with Crippen molar-refractivity contribution in [3.05, 3.63) is 66.5 Å². The van der Waals surface area contributed by atoms with Crippen molar-refractivity contribution in [2.45, 2.75) is 52.2 Å². The lowest BCUT2D eigenvalue weighted by Crippen LogP contribution is -2.51. The first-order valence-corrected chi connectivity index (χ1v) is 15.0. The molecule has 0 saturated carbocycles. The van der Waals surface area contributed by atoms with Crippen LogP contribution in [0, 0.1) is 17.8 Å². The van der Waals surface area contributed by atoms with Crippen molar-refractivity contribution in [2.75, 3.05) is 17.3 Å². The summed E-state index contributed by atoms with van der Waals surface area (Å²) < 4.78 is 31.6. The number of amides is 2. The molecule has 1 fully saturated rings. The first-order valence-electron chi connectivity index (χ1n) is 13.1. The van der Waals surface area contributed by atoms with Gasteiger partial charge in [0.05, 0.1) is 23.8 Å². The van der Waals surface area contributed by atoms with Gasteiger partial charge in [0.1, 0.15) is 0 Å². The number of nitrogens with zero attached hydrogens (tertiary/aromatic N) is 2. The number of sulfonamides is 1. The highest BCUT2D eigenvalue weighted by molar-refractivity contribution is 7.92. The van der Waals surface area contributed by atoms with Crippen LogP contribution in [0.5, 0.6) is 0 Å². The van der Waals surface area contributed by atoms with Gasteiger partial charge in [-0.3, -0.25) is 20.0 Å². The van der Waals surface area contributed by atoms with Gasteiger partial charge in [-0.15, -0.1) is 0 Å². The van der Waals surface area contributed by atoms with Crippen molar-refractivity contribution >= 4 is 33.6 Å². The molecule has 1 aromatic carbocycles. The lowest BCUT2D eigenvalue weighted by molar-refractivity contribution is -0.203. The maximum atomic E-state index is 13.7. The summed E-state index contributed by atoms with van der Waals surface area (Å²) in [7, 11) is -3.86. The summed E-state index contributed by atoms with van der Waals surface area (Å²) in [5.41, 5.74) is 6.19. The Kier molecular flexibility index (Phi) is 11.5. The average Bonchev–Trinajstić information content (AvgIpc) is 2.92. The summed E-state index contributed by atoms with van der Waals surface area (Å²) in [5.74, 6) is -2.72. The Morgan fingerprint density at radius 3 is 2.51 bits per heavy atom. The standard InChI is InChI=1S/C28H38N4O6S/c1-21(2)19-25(27(33)30-32(39(3,35)36)23-13-5-4-6-14-23)24(15-9-11-22-12-10-17-29-20-22)28(34)31-38-26-16-7-8-18-37-26/h4-6,9-14,17,20-21,24-26H,7-8,15-16,18-19H2,1-3H3,(H,30,33)(H,31,34)/b11-9+/t24?,25-,26?/m1/s1. The van der Waals surface area contributed by atoms with Crippen molar-refractivity contribution in [3.63, 3.8) is 0 Å². The third kappa shape index (κ3) is 9.76. The molecule has 11 heteroatoms. The number of carbonyl (C=O) groups excluding carboxylic acids is 2. The van der Waals surface area contributed by atoms with Crippen LogP contribution < -0.4 is 15.3 Å².